The molecule has 1 nitrogen and oxygen atoms in total. The number of hydrogen-bond acceptors (Lipinski definition) is 1. The van der Waals surface area contributed by atoms with Crippen molar-refractivity contribution < 1.29 is 9.13 Å². The zero-order valence-corrected chi connectivity index (χ0v) is 9.21. The number of hydrogen-bond donors (Lipinski definition) is 0. The van der Waals surface area contributed by atoms with Crippen LogP contribution in [0.5, 0.6) is 0 Å². The first-order valence-electron chi connectivity index (χ1n) is 5.22. The average molecular weight is 229 g/mol. The molecular weight excluding hydrogens is 215 g/mol. The SMILES string of the molecule is Fc1ccc(CC2COCCC2Cl)cc1. The molecule has 0 aliphatic carbocycles. The van der Waals surface area contributed by atoms with Crippen molar-refractivity contribution >= 4 is 11.6 Å². The fourth-order valence-corrected chi connectivity index (χ4v) is 2.13. The smallest absolute Gasteiger partial charge is 0.123 e. The predicted molar refractivity (Wildman–Crippen MR) is 58.7 cm³/mol. The molecule has 1 heterocycles. The highest BCUT2D eigenvalue weighted by Crippen LogP contribution is 2.24. The Balaban J connectivity index is 1.98. The van der Waals surface area contributed by atoms with Crippen molar-refractivity contribution in [3.05, 3.63) is 35.6 Å². The van der Waals surface area contributed by atoms with Crippen molar-refractivity contribution in [2.24, 2.45) is 5.92 Å². The summed E-state index contributed by atoms with van der Waals surface area (Å²) in [4.78, 5) is 0. The Kier molecular flexibility index (Phi) is 3.60. The molecule has 0 amide bonds. The highest BCUT2D eigenvalue weighted by molar-refractivity contribution is 6.20. The van der Waals surface area contributed by atoms with Gasteiger partial charge in [-0.05, 0) is 30.5 Å². The molecule has 1 aromatic rings. The van der Waals surface area contributed by atoms with E-state index in [-0.39, 0.29) is 11.2 Å². The summed E-state index contributed by atoms with van der Waals surface area (Å²) in [6.45, 7) is 1.47. The summed E-state index contributed by atoms with van der Waals surface area (Å²) < 4.78 is 18.1. The van der Waals surface area contributed by atoms with Crippen LogP contribution in [0.4, 0.5) is 4.39 Å². The average Bonchev–Trinajstić information content (AvgIpc) is 2.25. The van der Waals surface area contributed by atoms with Crippen molar-refractivity contribution in [1.29, 1.82) is 0 Å². The third kappa shape index (κ3) is 2.93. The van der Waals surface area contributed by atoms with Crippen molar-refractivity contribution in [1.82, 2.24) is 0 Å². The Labute approximate surface area is 94.2 Å². The Bertz CT molecular complexity index is 312. The standard InChI is InChI=1S/C12H14ClFO/c13-12-5-6-15-8-10(12)7-9-1-3-11(14)4-2-9/h1-4,10,12H,5-8H2. The fourth-order valence-electron chi connectivity index (χ4n) is 1.88. The number of ether oxygens (including phenoxy) is 1. The first kappa shape index (κ1) is 10.9. The number of benzene rings is 1. The van der Waals surface area contributed by atoms with Gasteiger partial charge in [0, 0.05) is 17.9 Å². The van der Waals surface area contributed by atoms with Crippen LogP contribution in [0.25, 0.3) is 0 Å². The molecule has 1 aliphatic rings. The van der Waals surface area contributed by atoms with E-state index in [1.54, 1.807) is 0 Å². The van der Waals surface area contributed by atoms with E-state index in [1.807, 2.05) is 12.1 Å². The maximum atomic E-state index is 12.7. The van der Waals surface area contributed by atoms with E-state index >= 15 is 0 Å². The monoisotopic (exact) mass is 228 g/mol. The maximum Gasteiger partial charge on any atom is 0.123 e. The highest BCUT2D eigenvalue weighted by atomic mass is 35.5. The van der Waals surface area contributed by atoms with Crippen LogP contribution in [-0.2, 0) is 11.2 Å². The number of halogens is 2. The third-order valence-electron chi connectivity index (χ3n) is 2.79. The van der Waals surface area contributed by atoms with Gasteiger partial charge in [0.05, 0.1) is 6.61 Å². The van der Waals surface area contributed by atoms with Gasteiger partial charge >= 0.3 is 0 Å². The molecule has 1 saturated heterocycles. The second kappa shape index (κ2) is 4.95. The van der Waals surface area contributed by atoms with Crippen molar-refractivity contribution in [3.8, 4) is 0 Å². The molecular formula is C12H14ClFO. The van der Waals surface area contributed by atoms with E-state index < -0.39 is 0 Å². The molecule has 0 spiro atoms. The van der Waals surface area contributed by atoms with Gasteiger partial charge in [-0.2, -0.15) is 0 Å². The fraction of sp³-hybridized carbons (Fsp3) is 0.500. The van der Waals surface area contributed by atoms with Gasteiger partial charge < -0.3 is 4.74 Å². The molecule has 0 N–H and O–H groups in total. The molecule has 2 rings (SSSR count). The van der Waals surface area contributed by atoms with Crippen LogP contribution in [0.1, 0.15) is 12.0 Å². The molecule has 1 aromatic carbocycles. The molecule has 0 radical (unpaired) electrons. The maximum absolute atomic E-state index is 12.7. The first-order chi connectivity index (χ1) is 7.25. The van der Waals surface area contributed by atoms with E-state index in [0.29, 0.717) is 12.5 Å². The summed E-state index contributed by atoms with van der Waals surface area (Å²) in [5, 5.41) is 0.184. The van der Waals surface area contributed by atoms with E-state index in [9.17, 15) is 4.39 Å². The predicted octanol–water partition coefficient (Wildman–Crippen LogP) is 3.01. The zero-order chi connectivity index (χ0) is 10.7. The molecule has 2 atom stereocenters. The Morgan fingerprint density at radius 3 is 2.73 bits per heavy atom. The second-order valence-corrected chi connectivity index (χ2v) is 4.53. The van der Waals surface area contributed by atoms with Crippen LogP contribution in [0, 0.1) is 11.7 Å². The van der Waals surface area contributed by atoms with E-state index in [0.717, 1.165) is 25.0 Å². The Morgan fingerprint density at radius 2 is 2.07 bits per heavy atom. The van der Waals surface area contributed by atoms with Crippen LogP contribution < -0.4 is 0 Å². The van der Waals surface area contributed by atoms with Gasteiger partial charge in [-0.25, -0.2) is 4.39 Å². The Morgan fingerprint density at radius 1 is 1.33 bits per heavy atom. The molecule has 1 aliphatic heterocycles. The molecule has 0 saturated carbocycles. The lowest BCUT2D eigenvalue weighted by atomic mass is 9.94. The summed E-state index contributed by atoms with van der Waals surface area (Å²) in [5.41, 5.74) is 1.12. The van der Waals surface area contributed by atoms with Crippen molar-refractivity contribution in [3.63, 3.8) is 0 Å². The molecule has 82 valence electrons. The van der Waals surface area contributed by atoms with Crippen LogP contribution in [0.2, 0.25) is 0 Å². The Hall–Kier alpha value is -0.600. The van der Waals surface area contributed by atoms with Gasteiger partial charge in [-0.15, -0.1) is 11.6 Å². The van der Waals surface area contributed by atoms with Crippen molar-refractivity contribution in [2.75, 3.05) is 13.2 Å². The summed E-state index contributed by atoms with van der Waals surface area (Å²) >= 11 is 6.21. The summed E-state index contributed by atoms with van der Waals surface area (Å²) in [5.74, 6) is 0.159. The lowest BCUT2D eigenvalue weighted by molar-refractivity contribution is 0.0578. The minimum atomic E-state index is -0.193. The minimum absolute atomic E-state index is 0.184. The topological polar surface area (TPSA) is 9.23 Å². The minimum Gasteiger partial charge on any atom is -0.381 e. The van der Waals surface area contributed by atoms with Gasteiger partial charge in [-0.3, -0.25) is 0 Å². The van der Waals surface area contributed by atoms with Crippen LogP contribution in [-0.4, -0.2) is 18.6 Å². The van der Waals surface area contributed by atoms with E-state index in [1.165, 1.54) is 12.1 Å². The normalized spacial score (nSPS) is 26.5. The molecule has 3 heteroatoms. The molecule has 1 fully saturated rings. The quantitative estimate of drug-likeness (QED) is 0.707. The van der Waals surface area contributed by atoms with Gasteiger partial charge in [0.25, 0.3) is 0 Å². The largest absolute Gasteiger partial charge is 0.381 e. The van der Waals surface area contributed by atoms with Gasteiger partial charge in [0.2, 0.25) is 0 Å². The molecule has 0 aromatic heterocycles. The lowest BCUT2D eigenvalue weighted by Gasteiger charge is -2.27. The van der Waals surface area contributed by atoms with E-state index in [2.05, 4.69) is 0 Å². The second-order valence-electron chi connectivity index (χ2n) is 3.97. The van der Waals surface area contributed by atoms with Crippen LogP contribution in [0.15, 0.2) is 24.3 Å². The zero-order valence-electron chi connectivity index (χ0n) is 8.46. The van der Waals surface area contributed by atoms with Crippen LogP contribution in [0.3, 0.4) is 0 Å². The number of alkyl halides is 1. The third-order valence-corrected chi connectivity index (χ3v) is 3.37. The molecule has 0 bridgehead atoms. The summed E-state index contributed by atoms with van der Waals surface area (Å²) in [6.07, 6.45) is 1.78. The highest BCUT2D eigenvalue weighted by Gasteiger charge is 2.23. The molecule has 2 unspecified atom stereocenters. The van der Waals surface area contributed by atoms with Gasteiger partial charge in [0.15, 0.2) is 0 Å². The summed E-state index contributed by atoms with van der Waals surface area (Å²) in [6, 6.07) is 6.60. The van der Waals surface area contributed by atoms with Gasteiger partial charge in [0.1, 0.15) is 5.82 Å². The first-order valence-corrected chi connectivity index (χ1v) is 5.65. The van der Waals surface area contributed by atoms with Gasteiger partial charge in [-0.1, -0.05) is 12.1 Å². The summed E-state index contributed by atoms with van der Waals surface area (Å²) in [7, 11) is 0. The lowest BCUT2D eigenvalue weighted by Crippen LogP contribution is -2.29. The molecule has 15 heavy (non-hydrogen) atoms. The van der Waals surface area contributed by atoms with Crippen LogP contribution >= 0.6 is 11.6 Å². The van der Waals surface area contributed by atoms with Crippen molar-refractivity contribution in [2.45, 2.75) is 18.2 Å². The number of rotatable bonds is 2. The van der Waals surface area contributed by atoms with E-state index in [4.69, 9.17) is 16.3 Å².